The van der Waals surface area contributed by atoms with Crippen LogP contribution in [0.1, 0.15) is 11.1 Å². The first-order valence-corrected chi connectivity index (χ1v) is 7.97. The van der Waals surface area contributed by atoms with Gasteiger partial charge in [-0.2, -0.15) is 0 Å². The number of nitrogens with zero attached hydrogens (tertiary/aromatic N) is 1. The van der Waals surface area contributed by atoms with Crippen molar-refractivity contribution in [1.82, 2.24) is 0 Å². The van der Waals surface area contributed by atoms with Crippen molar-refractivity contribution in [3.05, 3.63) is 65.7 Å². The van der Waals surface area contributed by atoms with E-state index in [4.69, 9.17) is 11.5 Å². The number of rotatable bonds is 1. The molecule has 4 nitrogen and oxygen atoms in total. The van der Waals surface area contributed by atoms with Crippen LogP contribution in [-0.4, -0.2) is 0 Å². The van der Waals surface area contributed by atoms with Gasteiger partial charge in [-0.3, -0.25) is 0 Å². The number of nitrogens with one attached hydrogen (secondary N) is 1. The number of hydrogen-bond acceptors (Lipinski definition) is 4. The highest BCUT2D eigenvalue weighted by Gasteiger charge is 2.26. The second-order valence-corrected chi connectivity index (χ2v) is 6.21. The van der Waals surface area contributed by atoms with Gasteiger partial charge in [-0.15, -0.1) is 0 Å². The predicted molar refractivity (Wildman–Crippen MR) is 103 cm³/mol. The average Bonchev–Trinajstić information content (AvgIpc) is 2.59. The van der Waals surface area contributed by atoms with Crippen LogP contribution in [0.25, 0.3) is 0 Å². The zero-order chi connectivity index (χ0) is 16.8. The Balaban J connectivity index is 2.02. The number of benzene rings is 3. The van der Waals surface area contributed by atoms with Crippen molar-refractivity contribution < 1.29 is 0 Å². The van der Waals surface area contributed by atoms with Gasteiger partial charge in [0.2, 0.25) is 0 Å². The second-order valence-electron chi connectivity index (χ2n) is 6.21. The topological polar surface area (TPSA) is 67.3 Å². The van der Waals surface area contributed by atoms with Crippen molar-refractivity contribution in [3.63, 3.8) is 0 Å². The SMILES string of the molecule is Cc1cc2c(cc1N)Nc1c(ccc(C)c1N)N2c1ccccc1. The molecule has 0 unspecified atom stereocenters. The molecular weight excluding hydrogens is 296 g/mol. The van der Waals surface area contributed by atoms with E-state index in [1.807, 2.05) is 38.1 Å². The quantitative estimate of drug-likeness (QED) is 0.433. The van der Waals surface area contributed by atoms with E-state index in [1.54, 1.807) is 0 Å². The number of hydrogen-bond donors (Lipinski definition) is 3. The van der Waals surface area contributed by atoms with E-state index in [-0.39, 0.29) is 0 Å². The average molecular weight is 316 g/mol. The first-order chi connectivity index (χ1) is 11.6. The standard InChI is InChI=1S/C20H20N4/c1-12-8-9-17-20(19(12)22)23-16-11-15(21)13(2)10-18(16)24(17)14-6-4-3-5-7-14/h3-11,23H,21-22H2,1-2H3. The molecule has 0 aromatic heterocycles. The third-order valence-electron chi connectivity index (χ3n) is 4.58. The number of para-hydroxylation sites is 1. The molecule has 0 atom stereocenters. The van der Waals surface area contributed by atoms with Crippen LogP contribution in [0.5, 0.6) is 0 Å². The van der Waals surface area contributed by atoms with Crippen molar-refractivity contribution in [3.8, 4) is 0 Å². The maximum atomic E-state index is 6.35. The molecule has 0 bridgehead atoms. The molecule has 1 aliphatic heterocycles. The fourth-order valence-electron chi connectivity index (χ4n) is 3.14. The Morgan fingerprint density at radius 1 is 0.833 bits per heavy atom. The maximum absolute atomic E-state index is 6.35. The lowest BCUT2D eigenvalue weighted by molar-refractivity contribution is 1.24. The smallest absolute Gasteiger partial charge is 0.0866 e. The third-order valence-corrected chi connectivity index (χ3v) is 4.58. The van der Waals surface area contributed by atoms with Crippen LogP contribution in [0.4, 0.5) is 39.8 Å². The highest BCUT2D eigenvalue weighted by molar-refractivity contribution is 6.02. The minimum atomic E-state index is 0.762. The van der Waals surface area contributed by atoms with Crippen LogP contribution < -0.4 is 21.7 Å². The number of nitrogen functional groups attached to an aromatic ring is 2. The molecule has 3 aromatic rings. The summed E-state index contributed by atoms with van der Waals surface area (Å²) in [6.07, 6.45) is 0. The molecule has 0 spiro atoms. The lowest BCUT2D eigenvalue weighted by Crippen LogP contribution is -2.19. The number of nitrogens with two attached hydrogens (primary N) is 2. The van der Waals surface area contributed by atoms with Gasteiger partial charge in [0.05, 0.1) is 28.4 Å². The Morgan fingerprint density at radius 3 is 2.33 bits per heavy atom. The lowest BCUT2D eigenvalue weighted by Gasteiger charge is -2.35. The molecule has 0 fully saturated rings. The van der Waals surface area contributed by atoms with Crippen molar-refractivity contribution >= 4 is 39.8 Å². The molecule has 0 saturated carbocycles. The zero-order valence-corrected chi connectivity index (χ0v) is 13.8. The first-order valence-electron chi connectivity index (χ1n) is 7.97. The molecular formula is C20H20N4. The molecule has 120 valence electrons. The molecule has 4 rings (SSSR count). The number of fused-ring (bicyclic) bond motifs is 2. The van der Waals surface area contributed by atoms with Gasteiger partial charge in [-0.25, -0.2) is 0 Å². The molecule has 3 aromatic carbocycles. The number of aryl methyl sites for hydroxylation is 2. The van der Waals surface area contributed by atoms with Gasteiger partial charge in [0, 0.05) is 11.4 Å². The Bertz CT molecular complexity index is 930. The van der Waals surface area contributed by atoms with E-state index in [9.17, 15) is 0 Å². The molecule has 24 heavy (non-hydrogen) atoms. The lowest BCUT2D eigenvalue weighted by atomic mass is 10.0. The molecule has 4 heteroatoms. The van der Waals surface area contributed by atoms with E-state index >= 15 is 0 Å². The Kier molecular flexibility index (Phi) is 3.13. The monoisotopic (exact) mass is 316 g/mol. The first kappa shape index (κ1) is 14.5. The summed E-state index contributed by atoms with van der Waals surface area (Å²) in [4.78, 5) is 2.23. The van der Waals surface area contributed by atoms with Crippen LogP contribution in [0.2, 0.25) is 0 Å². The molecule has 1 heterocycles. The molecule has 0 radical (unpaired) electrons. The summed E-state index contributed by atoms with van der Waals surface area (Å²) < 4.78 is 0. The summed E-state index contributed by atoms with van der Waals surface area (Å²) >= 11 is 0. The van der Waals surface area contributed by atoms with Crippen LogP contribution >= 0.6 is 0 Å². The third kappa shape index (κ3) is 2.07. The van der Waals surface area contributed by atoms with E-state index < -0.39 is 0 Å². The minimum absolute atomic E-state index is 0.762. The van der Waals surface area contributed by atoms with Crippen LogP contribution in [0, 0.1) is 13.8 Å². The van der Waals surface area contributed by atoms with E-state index in [0.717, 1.165) is 50.9 Å². The van der Waals surface area contributed by atoms with Crippen molar-refractivity contribution in [2.24, 2.45) is 0 Å². The van der Waals surface area contributed by atoms with Gasteiger partial charge in [0.25, 0.3) is 0 Å². The number of anilines is 7. The summed E-state index contributed by atoms with van der Waals surface area (Å²) in [6, 6.07) is 18.6. The van der Waals surface area contributed by atoms with Crippen LogP contribution in [0.15, 0.2) is 54.6 Å². The fourth-order valence-corrected chi connectivity index (χ4v) is 3.14. The maximum Gasteiger partial charge on any atom is 0.0866 e. The van der Waals surface area contributed by atoms with Gasteiger partial charge >= 0.3 is 0 Å². The summed E-state index contributed by atoms with van der Waals surface area (Å²) in [5.74, 6) is 0. The van der Waals surface area contributed by atoms with Crippen LogP contribution in [-0.2, 0) is 0 Å². The van der Waals surface area contributed by atoms with E-state index in [1.165, 1.54) is 0 Å². The predicted octanol–water partition coefficient (Wildman–Crippen LogP) is 4.99. The highest BCUT2D eigenvalue weighted by Crippen LogP contribution is 2.51. The normalized spacial score (nSPS) is 12.3. The summed E-state index contributed by atoms with van der Waals surface area (Å²) in [5, 5.41) is 3.47. The van der Waals surface area contributed by atoms with Gasteiger partial charge < -0.3 is 21.7 Å². The van der Waals surface area contributed by atoms with Crippen LogP contribution in [0.3, 0.4) is 0 Å². The van der Waals surface area contributed by atoms with Crippen molar-refractivity contribution in [2.45, 2.75) is 13.8 Å². The molecule has 5 N–H and O–H groups in total. The van der Waals surface area contributed by atoms with Gasteiger partial charge in [0.1, 0.15) is 0 Å². The highest BCUT2D eigenvalue weighted by atomic mass is 15.2. The molecule has 0 saturated heterocycles. The molecule has 0 amide bonds. The summed E-state index contributed by atoms with van der Waals surface area (Å²) in [5.41, 5.74) is 21.2. The largest absolute Gasteiger partial charge is 0.398 e. The zero-order valence-electron chi connectivity index (χ0n) is 13.8. The van der Waals surface area contributed by atoms with Gasteiger partial charge in [-0.1, -0.05) is 24.3 Å². The molecule has 1 aliphatic rings. The van der Waals surface area contributed by atoms with Gasteiger partial charge in [0.15, 0.2) is 0 Å². The van der Waals surface area contributed by atoms with Crippen molar-refractivity contribution in [1.29, 1.82) is 0 Å². The van der Waals surface area contributed by atoms with E-state index in [0.29, 0.717) is 0 Å². The summed E-state index contributed by atoms with van der Waals surface area (Å²) in [6.45, 7) is 4.04. The molecule has 0 aliphatic carbocycles. The fraction of sp³-hybridized carbons (Fsp3) is 0.100. The Hall–Kier alpha value is -3.14. The van der Waals surface area contributed by atoms with Crippen molar-refractivity contribution in [2.75, 3.05) is 21.7 Å². The Labute approximate surface area is 141 Å². The Morgan fingerprint density at radius 2 is 1.58 bits per heavy atom. The summed E-state index contributed by atoms with van der Waals surface area (Å²) in [7, 11) is 0. The minimum Gasteiger partial charge on any atom is -0.398 e. The second kappa shape index (κ2) is 5.20. The van der Waals surface area contributed by atoms with E-state index in [2.05, 4.69) is 40.5 Å². The van der Waals surface area contributed by atoms with Gasteiger partial charge in [-0.05, 0) is 55.3 Å².